The Hall–Kier alpha value is -1.16. The number of carbonyl (C=O) groups excluding carboxylic acids is 2. The van der Waals surface area contributed by atoms with Gasteiger partial charge in [-0.3, -0.25) is 4.79 Å². The van der Waals surface area contributed by atoms with Crippen molar-refractivity contribution in [3.63, 3.8) is 0 Å². The van der Waals surface area contributed by atoms with E-state index in [2.05, 4.69) is 0 Å². The fourth-order valence-corrected chi connectivity index (χ4v) is 3.37. The predicted molar refractivity (Wildman–Crippen MR) is 62.5 cm³/mol. The molecule has 1 fully saturated rings. The van der Waals surface area contributed by atoms with Gasteiger partial charge in [0.05, 0.1) is 19.6 Å². The Morgan fingerprint density at radius 2 is 2.29 bits per heavy atom. The molecule has 0 aromatic heterocycles. The minimum Gasteiger partial charge on any atom is -0.462 e. The van der Waals surface area contributed by atoms with Crippen LogP contribution in [0.5, 0.6) is 0 Å². The van der Waals surface area contributed by atoms with Crippen molar-refractivity contribution in [1.82, 2.24) is 0 Å². The summed E-state index contributed by atoms with van der Waals surface area (Å²) in [4.78, 5) is 25.0. The molecule has 0 aromatic carbocycles. The smallest absolute Gasteiger partial charge is 0.365 e. The lowest BCUT2D eigenvalue weighted by Crippen LogP contribution is -3.16. The largest absolute Gasteiger partial charge is 0.462 e. The molecular weight excluding hydrogens is 218 g/mol. The first-order valence-electron chi connectivity index (χ1n) is 6.28. The fraction of sp³-hybridized carbons (Fsp3) is 0.692. The summed E-state index contributed by atoms with van der Waals surface area (Å²) in [6.07, 6.45) is 4.47. The molecule has 1 aliphatic heterocycles. The number of hydrogen-bond donors (Lipinski definition) is 1. The highest BCUT2D eigenvalue weighted by Crippen LogP contribution is 2.29. The van der Waals surface area contributed by atoms with Crippen LogP contribution in [0.2, 0.25) is 0 Å². The van der Waals surface area contributed by atoms with Crippen molar-refractivity contribution in [2.45, 2.75) is 32.4 Å². The van der Waals surface area contributed by atoms with E-state index in [4.69, 9.17) is 4.74 Å². The molecule has 17 heavy (non-hydrogen) atoms. The topological polar surface area (TPSA) is 47.8 Å². The third kappa shape index (κ3) is 1.90. The van der Waals surface area contributed by atoms with Crippen molar-refractivity contribution in [3.8, 4) is 0 Å². The zero-order valence-corrected chi connectivity index (χ0v) is 10.6. The molecule has 4 nitrogen and oxygen atoms in total. The van der Waals surface area contributed by atoms with Crippen molar-refractivity contribution in [2.24, 2.45) is 11.8 Å². The van der Waals surface area contributed by atoms with E-state index >= 15 is 0 Å². The Balaban J connectivity index is 2.22. The molecular formula is C13H20NO3+. The van der Waals surface area contributed by atoms with Crippen LogP contribution >= 0.6 is 0 Å². The number of carbonyl (C=O) groups is 2. The summed E-state index contributed by atoms with van der Waals surface area (Å²) in [5.74, 6) is 0.0468. The molecule has 5 atom stereocenters. The van der Waals surface area contributed by atoms with Crippen LogP contribution in [0, 0.1) is 11.8 Å². The van der Waals surface area contributed by atoms with Crippen LogP contribution < -0.4 is 4.90 Å². The summed E-state index contributed by atoms with van der Waals surface area (Å²) in [6, 6.07) is 0.0331. The molecule has 0 amide bonds. The van der Waals surface area contributed by atoms with E-state index in [1.807, 2.05) is 27.0 Å². The normalized spacial score (nSPS) is 40.2. The van der Waals surface area contributed by atoms with E-state index in [1.165, 1.54) is 0 Å². The third-order valence-electron chi connectivity index (χ3n) is 4.14. The molecule has 2 aliphatic rings. The van der Waals surface area contributed by atoms with Gasteiger partial charge in [-0.2, -0.15) is 0 Å². The molecule has 1 aliphatic carbocycles. The molecule has 94 valence electrons. The van der Waals surface area contributed by atoms with Gasteiger partial charge in [-0.1, -0.05) is 13.0 Å². The first kappa shape index (κ1) is 12.3. The molecule has 0 saturated carbocycles. The summed E-state index contributed by atoms with van der Waals surface area (Å²) in [6.45, 7) is 4.20. The third-order valence-corrected chi connectivity index (χ3v) is 4.14. The Kier molecular flexibility index (Phi) is 3.33. The van der Waals surface area contributed by atoms with E-state index in [-0.39, 0.29) is 35.7 Å². The first-order valence-corrected chi connectivity index (χ1v) is 6.28. The number of ketones is 1. The quantitative estimate of drug-likeness (QED) is 0.666. The van der Waals surface area contributed by atoms with E-state index in [1.54, 1.807) is 6.08 Å². The van der Waals surface area contributed by atoms with Crippen molar-refractivity contribution < 1.29 is 19.2 Å². The molecule has 0 bridgehead atoms. The first-order chi connectivity index (χ1) is 8.07. The van der Waals surface area contributed by atoms with E-state index < -0.39 is 0 Å². The second-order valence-corrected chi connectivity index (χ2v) is 5.01. The van der Waals surface area contributed by atoms with Crippen LogP contribution in [0.1, 0.15) is 20.3 Å². The molecule has 1 unspecified atom stereocenters. The molecule has 2 rings (SSSR count). The summed E-state index contributed by atoms with van der Waals surface area (Å²) < 4.78 is 5.12. The maximum atomic E-state index is 11.9. The maximum Gasteiger partial charge on any atom is 0.365 e. The van der Waals surface area contributed by atoms with Crippen molar-refractivity contribution in [1.29, 1.82) is 0 Å². The standard InChI is InChI=1S/C13H19NO3/c1-4-17-13(16)12-8(2)11-9(14(12)3)6-5-7-10(11)15/h5,7-9,11-12H,4,6H2,1-3H3/p+1/t8-,9-,11+,12-/m0/s1. The van der Waals surface area contributed by atoms with Crippen molar-refractivity contribution >= 4 is 11.8 Å². The second kappa shape index (κ2) is 4.61. The number of hydrogen-bond acceptors (Lipinski definition) is 3. The molecule has 4 heteroatoms. The van der Waals surface area contributed by atoms with Gasteiger partial charge in [0.1, 0.15) is 6.04 Å². The number of fused-ring (bicyclic) bond motifs is 1. The van der Waals surface area contributed by atoms with Gasteiger partial charge in [-0.15, -0.1) is 0 Å². The number of ether oxygens (including phenoxy) is 1. The predicted octanol–water partition coefficient (Wildman–Crippen LogP) is -0.404. The van der Waals surface area contributed by atoms with Gasteiger partial charge < -0.3 is 9.64 Å². The average Bonchev–Trinajstić information content (AvgIpc) is 2.53. The number of nitrogens with one attached hydrogen (secondary N) is 1. The van der Waals surface area contributed by atoms with Crippen LogP contribution in [0.25, 0.3) is 0 Å². The molecule has 1 saturated heterocycles. The van der Waals surface area contributed by atoms with Gasteiger partial charge in [0.15, 0.2) is 11.8 Å². The highest BCUT2D eigenvalue weighted by molar-refractivity contribution is 5.94. The molecule has 1 N–H and O–H groups in total. The van der Waals surface area contributed by atoms with Crippen LogP contribution in [0.4, 0.5) is 0 Å². The van der Waals surface area contributed by atoms with Gasteiger partial charge in [-0.25, -0.2) is 4.79 Å². The van der Waals surface area contributed by atoms with Crippen molar-refractivity contribution in [3.05, 3.63) is 12.2 Å². The fourth-order valence-electron chi connectivity index (χ4n) is 3.37. The monoisotopic (exact) mass is 238 g/mol. The van der Waals surface area contributed by atoms with Gasteiger partial charge in [-0.05, 0) is 13.0 Å². The summed E-state index contributed by atoms with van der Waals surface area (Å²) in [5, 5.41) is 0. The highest BCUT2D eigenvalue weighted by Gasteiger charge is 2.55. The number of rotatable bonds is 2. The summed E-state index contributed by atoms with van der Waals surface area (Å²) >= 11 is 0. The van der Waals surface area contributed by atoms with Gasteiger partial charge >= 0.3 is 5.97 Å². The van der Waals surface area contributed by atoms with Crippen molar-refractivity contribution in [2.75, 3.05) is 13.7 Å². The summed E-state index contributed by atoms with van der Waals surface area (Å²) in [7, 11) is 2.00. The van der Waals surface area contributed by atoms with E-state index in [0.29, 0.717) is 6.61 Å². The lowest BCUT2D eigenvalue weighted by molar-refractivity contribution is -0.910. The zero-order chi connectivity index (χ0) is 12.6. The van der Waals surface area contributed by atoms with Crippen LogP contribution in [-0.2, 0) is 14.3 Å². The average molecular weight is 238 g/mol. The Labute approximate surface area is 102 Å². The maximum absolute atomic E-state index is 11.9. The lowest BCUT2D eigenvalue weighted by Gasteiger charge is -2.23. The SMILES string of the molecule is CCOC(=O)[C@@H]1[C@@H](C)[C@H]2C(=O)C=CC[C@@H]2[NH+]1C. The van der Waals surface area contributed by atoms with E-state index in [0.717, 1.165) is 11.3 Å². The Morgan fingerprint density at radius 3 is 2.88 bits per heavy atom. The second-order valence-electron chi connectivity index (χ2n) is 5.01. The van der Waals surface area contributed by atoms with Crippen LogP contribution in [0.3, 0.4) is 0 Å². The number of esters is 1. The zero-order valence-electron chi connectivity index (χ0n) is 10.6. The minimum absolute atomic E-state index is 0.0191. The molecule has 1 heterocycles. The minimum atomic E-state index is -0.200. The number of likely N-dealkylation sites (N-methyl/N-ethyl adjacent to an activating group) is 1. The van der Waals surface area contributed by atoms with E-state index in [9.17, 15) is 9.59 Å². The van der Waals surface area contributed by atoms with Gasteiger partial charge in [0.25, 0.3) is 0 Å². The van der Waals surface area contributed by atoms with Crippen LogP contribution in [0.15, 0.2) is 12.2 Å². The van der Waals surface area contributed by atoms with Crippen LogP contribution in [-0.4, -0.2) is 37.5 Å². The molecule has 0 radical (unpaired) electrons. The Bertz CT molecular complexity index is 364. The van der Waals surface area contributed by atoms with Gasteiger partial charge in [0.2, 0.25) is 0 Å². The Morgan fingerprint density at radius 1 is 1.59 bits per heavy atom. The lowest BCUT2D eigenvalue weighted by atomic mass is 9.81. The molecule has 0 spiro atoms. The molecule has 0 aromatic rings. The number of likely N-dealkylation sites (tertiary alicyclic amines) is 1. The number of quaternary nitrogens is 1. The number of allylic oxidation sites excluding steroid dienone is 1. The van der Waals surface area contributed by atoms with Gasteiger partial charge in [0, 0.05) is 12.3 Å². The summed E-state index contributed by atoms with van der Waals surface area (Å²) in [5.41, 5.74) is 0. The highest BCUT2D eigenvalue weighted by atomic mass is 16.5.